The number of rotatable bonds is 5. The first-order valence-electron chi connectivity index (χ1n) is 11.3. The van der Waals surface area contributed by atoms with Crippen LogP contribution in [0.4, 0.5) is 14.3 Å². The van der Waals surface area contributed by atoms with E-state index in [0.29, 0.717) is 41.3 Å². The topological polar surface area (TPSA) is 115 Å². The highest BCUT2D eigenvalue weighted by atomic mass is 32.2. The maximum Gasteiger partial charge on any atom is 0.410 e. The molecule has 1 aliphatic heterocycles. The van der Waals surface area contributed by atoms with Crippen LogP contribution in [0.3, 0.4) is 0 Å². The minimum absolute atomic E-state index is 0.0721. The Balaban J connectivity index is 1.37. The summed E-state index contributed by atoms with van der Waals surface area (Å²) in [7, 11) is -4.14. The minimum Gasteiger partial charge on any atom is -0.444 e. The molecule has 9 nitrogen and oxygen atoms in total. The highest BCUT2D eigenvalue weighted by Crippen LogP contribution is 2.31. The molecule has 192 valence electrons. The van der Waals surface area contributed by atoms with Crippen LogP contribution in [0.15, 0.2) is 47.4 Å². The Kier molecular flexibility index (Phi) is 7.19. The van der Waals surface area contributed by atoms with Crippen molar-refractivity contribution in [1.29, 1.82) is 0 Å². The van der Waals surface area contributed by atoms with E-state index < -0.39 is 21.5 Å². The maximum atomic E-state index is 13.1. The van der Waals surface area contributed by atoms with E-state index in [1.807, 2.05) is 20.8 Å². The molecule has 0 saturated carbocycles. The first kappa shape index (κ1) is 25.8. The summed E-state index contributed by atoms with van der Waals surface area (Å²) in [5.74, 6) is -0.935. The molecule has 12 heteroatoms. The molecule has 0 aliphatic carbocycles. The normalized spacial score (nSPS) is 15.1. The van der Waals surface area contributed by atoms with Gasteiger partial charge in [-0.1, -0.05) is 11.3 Å². The van der Waals surface area contributed by atoms with Crippen LogP contribution in [0.25, 0.3) is 10.2 Å². The van der Waals surface area contributed by atoms with Crippen molar-refractivity contribution < 1.29 is 31.3 Å². The van der Waals surface area contributed by atoms with E-state index in [0.717, 1.165) is 24.3 Å². The fourth-order valence-corrected chi connectivity index (χ4v) is 5.46. The number of likely N-dealkylation sites (tertiary alicyclic amines) is 1. The molecule has 36 heavy (non-hydrogen) atoms. The molecule has 1 fully saturated rings. The molecule has 2 aromatic carbocycles. The molecule has 0 bridgehead atoms. The smallest absolute Gasteiger partial charge is 0.410 e. The predicted octanol–water partition coefficient (Wildman–Crippen LogP) is 4.79. The number of benzene rings is 2. The number of halogens is 1. The average molecular weight is 536 g/mol. The van der Waals surface area contributed by atoms with Crippen LogP contribution in [-0.2, 0) is 19.6 Å². The van der Waals surface area contributed by atoms with E-state index in [2.05, 4.69) is 10.3 Å². The van der Waals surface area contributed by atoms with Crippen molar-refractivity contribution >= 4 is 48.8 Å². The van der Waals surface area contributed by atoms with Gasteiger partial charge in [0.25, 0.3) is 0 Å². The Morgan fingerprint density at radius 1 is 1.11 bits per heavy atom. The van der Waals surface area contributed by atoms with Gasteiger partial charge in [-0.05, 0) is 70.0 Å². The lowest BCUT2D eigenvalue weighted by Crippen LogP contribution is -2.43. The summed E-state index contributed by atoms with van der Waals surface area (Å²) in [6.45, 7) is 6.28. The number of hydrogen-bond donors (Lipinski definition) is 1. The monoisotopic (exact) mass is 535 g/mol. The molecule has 0 spiro atoms. The van der Waals surface area contributed by atoms with E-state index in [4.69, 9.17) is 8.92 Å². The Morgan fingerprint density at radius 2 is 1.78 bits per heavy atom. The lowest BCUT2D eigenvalue weighted by molar-refractivity contribution is -0.121. The van der Waals surface area contributed by atoms with E-state index in [-0.39, 0.29) is 28.6 Å². The Morgan fingerprint density at radius 3 is 2.42 bits per heavy atom. The number of fused-ring (bicyclic) bond motifs is 1. The maximum absolute atomic E-state index is 13.1. The van der Waals surface area contributed by atoms with E-state index in [1.54, 1.807) is 11.0 Å². The SMILES string of the molecule is CC(C)(C)OC(=O)N1CCC(C(=O)Nc2nc3ccc(OS(=O)(=O)c4ccc(F)cc4)cc3s2)CC1. The number of hydrogen-bond acceptors (Lipinski definition) is 8. The summed E-state index contributed by atoms with van der Waals surface area (Å²) in [6.07, 6.45) is 0.636. The third-order valence-electron chi connectivity index (χ3n) is 5.42. The summed E-state index contributed by atoms with van der Waals surface area (Å²) >= 11 is 1.19. The molecule has 0 radical (unpaired) electrons. The zero-order chi connectivity index (χ0) is 26.1. The van der Waals surface area contributed by atoms with E-state index in [1.165, 1.54) is 23.5 Å². The number of piperidine rings is 1. The molecule has 3 aromatic rings. The summed E-state index contributed by atoms with van der Waals surface area (Å²) in [5.41, 5.74) is -0.00429. The van der Waals surface area contributed by atoms with Crippen molar-refractivity contribution in [2.75, 3.05) is 18.4 Å². The van der Waals surface area contributed by atoms with Crippen molar-refractivity contribution in [2.45, 2.75) is 44.1 Å². The van der Waals surface area contributed by atoms with Crippen molar-refractivity contribution in [3.05, 3.63) is 48.3 Å². The Hall–Kier alpha value is -3.25. The third kappa shape index (κ3) is 6.30. The van der Waals surface area contributed by atoms with Gasteiger partial charge in [-0.2, -0.15) is 8.42 Å². The fraction of sp³-hybridized carbons (Fsp3) is 0.375. The molecule has 4 rings (SSSR count). The lowest BCUT2D eigenvalue weighted by atomic mass is 9.96. The Labute approximate surface area is 212 Å². The second-order valence-electron chi connectivity index (χ2n) is 9.37. The van der Waals surface area contributed by atoms with E-state index in [9.17, 15) is 22.4 Å². The van der Waals surface area contributed by atoms with Gasteiger partial charge in [-0.3, -0.25) is 4.79 Å². The molecule has 2 amide bonds. The first-order valence-corrected chi connectivity index (χ1v) is 13.5. The van der Waals surface area contributed by atoms with E-state index >= 15 is 0 Å². The van der Waals surface area contributed by atoms with Gasteiger partial charge >= 0.3 is 16.2 Å². The largest absolute Gasteiger partial charge is 0.444 e. The average Bonchev–Trinajstić information content (AvgIpc) is 3.19. The van der Waals surface area contributed by atoms with Crippen molar-refractivity contribution in [3.8, 4) is 5.75 Å². The summed E-state index contributed by atoms with van der Waals surface area (Å²) in [4.78, 5) is 30.8. The standard InChI is InChI=1S/C24H26FN3O6S2/c1-24(2,3)33-23(30)28-12-10-15(11-13-28)21(29)27-22-26-19-9-6-17(14-20(19)35-22)34-36(31,32)18-7-4-16(25)5-8-18/h4-9,14-15H,10-13H2,1-3H3,(H,26,27,29). The van der Waals surface area contributed by atoms with Gasteiger partial charge in [0.2, 0.25) is 5.91 Å². The van der Waals surface area contributed by atoms with Crippen LogP contribution in [0.1, 0.15) is 33.6 Å². The quantitative estimate of drug-likeness (QED) is 0.467. The highest BCUT2D eigenvalue weighted by molar-refractivity contribution is 7.87. The number of anilines is 1. The molecule has 0 unspecified atom stereocenters. The van der Waals surface area contributed by atoms with Crippen molar-refractivity contribution in [2.24, 2.45) is 5.92 Å². The van der Waals surface area contributed by atoms with Crippen LogP contribution < -0.4 is 9.50 Å². The van der Waals surface area contributed by atoms with Crippen molar-refractivity contribution in [3.63, 3.8) is 0 Å². The number of ether oxygens (including phenoxy) is 1. The Bertz CT molecular complexity index is 1380. The third-order valence-corrected chi connectivity index (χ3v) is 7.61. The molecular formula is C24H26FN3O6S2. The van der Waals surface area contributed by atoms with Crippen LogP contribution in [0.5, 0.6) is 5.75 Å². The molecular weight excluding hydrogens is 509 g/mol. The summed E-state index contributed by atoms with van der Waals surface area (Å²) < 4.78 is 49.2. The predicted molar refractivity (Wildman–Crippen MR) is 133 cm³/mol. The second kappa shape index (κ2) is 10.0. The van der Waals surface area contributed by atoms with Crippen LogP contribution in [-0.4, -0.2) is 49.0 Å². The van der Waals surface area contributed by atoms with Gasteiger partial charge in [-0.15, -0.1) is 0 Å². The number of nitrogens with one attached hydrogen (secondary N) is 1. The molecule has 1 N–H and O–H groups in total. The lowest BCUT2D eigenvalue weighted by Gasteiger charge is -2.32. The molecule has 0 atom stereocenters. The highest BCUT2D eigenvalue weighted by Gasteiger charge is 2.30. The summed E-state index contributed by atoms with van der Waals surface area (Å²) in [5, 5.41) is 3.20. The zero-order valence-electron chi connectivity index (χ0n) is 20.0. The molecule has 1 aliphatic rings. The number of aromatic nitrogens is 1. The van der Waals surface area contributed by atoms with Crippen molar-refractivity contribution in [1.82, 2.24) is 9.88 Å². The van der Waals surface area contributed by atoms with Gasteiger partial charge in [0, 0.05) is 25.1 Å². The number of nitrogens with zero attached hydrogens (tertiary/aromatic N) is 2. The van der Waals surface area contributed by atoms with Crippen LogP contribution in [0.2, 0.25) is 0 Å². The van der Waals surface area contributed by atoms with Gasteiger partial charge in [0.05, 0.1) is 10.2 Å². The second-order valence-corrected chi connectivity index (χ2v) is 11.9. The number of amides is 2. The first-order chi connectivity index (χ1) is 16.9. The summed E-state index contributed by atoms with van der Waals surface area (Å²) in [6, 6.07) is 8.90. The fourth-order valence-electron chi connectivity index (χ4n) is 3.64. The molecule has 2 heterocycles. The van der Waals surface area contributed by atoms with Gasteiger partial charge in [0.1, 0.15) is 22.1 Å². The molecule has 1 saturated heterocycles. The van der Waals surface area contributed by atoms with Gasteiger partial charge in [-0.25, -0.2) is 14.2 Å². The number of carbonyl (C=O) groups is 2. The number of carbonyl (C=O) groups excluding carboxylic acids is 2. The van der Waals surface area contributed by atoms with Gasteiger partial charge in [0.15, 0.2) is 5.13 Å². The zero-order valence-corrected chi connectivity index (χ0v) is 21.6. The number of thiazole rings is 1. The van der Waals surface area contributed by atoms with Crippen LogP contribution >= 0.6 is 11.3 Å². The minimum atomic E-state index is -4.14. The van der Waals surface area contributed by atoms with Gasteiger partial charge < -0.3 is 19.1 Å². The van der Waals surface area contributed by atoms with Crippen LogP contribution in [0, 0.1) is 11.7 Å². The molecule has 1 aromatic heterocycles.